The second-order valence-electron chi connectivity index (χ2n) is 10.1. The number of rotatable bonds is 6. The molecule has 5 rings (SSSR count). The van der Waals surface area contributed by atoms with Crippen LogP contribution in [-0.4, -0.2) is 47.8 Å². The van der Waals surface area contributed by atoms with Crippen LogP contribution in [0.2, 0.25) is 0 Å². The van der Waals surface area contributed by atoms with Crippen molar-refractivity contribution in [1.82, 2.24) is 9.80 Å². The Balaban J connectivity index is 1.29. The van der Waals surface area contributed by atoms with Crippen LogP contribution in [0.4, 0.5) is 8.78 Å². The number of thiophene rings is 1. The second-order valence-corrected chi connectivity index (χ2v) is 11.0. The van der Waals surface area contributed by atoms with E-state index in [1.54, 1.807) is 16.2 Å². The number of likely N-dealkylation sites (N-methyl/N-ethyl adjacent to an activating group) is 1. The van der Waals surface area contributed by atoms with Gasteiger partial charge in [0.05, 0.1) is 4.88 Å². The summed E-state index contributed by atoms with van der Waals surface area (Å²) in [5.41, 5.74) is 3.03. The largest absolute Gasteiger partial charge is 0.342 e. The van der Waals surface area contributed by atoms with Crippen molar-refractivity contribution in [3.8, 4) is 0 Å². The molecule has 2 aromatic rings. The van der Waals surface area contributed by atoms with Gasteiger partial charge in [-0.15, -0.1) is 11.3 Å². The third-order valence-electron chi connectivity index (χ3n) is 7.88. The predicted octanol–water partition coefficient (Wildman–Crippen LogP) is 5.24. The predicted molar refractivity (Wildman–Crippen MR) is 129 cm³/mol. The lowest BCUT2D eigenvalue weighted by Crippen LogP contribution is -2.49. The van der Waals surface area contributed by atoms with Gasteiger partial charge in [-0.05, 0) is 91.8 Å². The Bertz CT molecular complexity index is 1070. The summed E-state index contributed by atoms with van der Waals surface area (Å²) in [4.78, 5) is 30.9. The van der Waals surface area contributed by atoms with Gasteiger partial charge in [-0.25, -0.2) is 8.78 Å². The third-order valence-corrected chi connectivity index (χ3v) is 8.94. The van der Waals surface area contributed by atoms with Crippen molar-refractivity contribution >= 4 is 23.2 Å². The summed E-state index contributed by atoms with van der Waals surface area (Å²) in [5.74, 6) is -0.655. The molecule has 34 heavy (non-hydrogen) atoms. The van der Waals surface area contributed by atoms with Gasteiger partial charge in [0, 0.05) is 38.2 Å². The quantitative estimate of drug-likeness (QED) is 0.561. The van der Waals surface area contributed by atoms with E-state index in [1.807, 2.05) is 11.9 Å². The van der Waals surface area contributed by atoms with Crippen molar-refractivity contribution in [2.75, 3.05) is 20.1 Å². The molecule has 2 heterocycles. The minimum atomic E-state index is -0.595. The van der Waals surface area contributed by atoms with E-state index in [2.05, 4.69) is 5.38 Å². The van der Waals surface area contributed by atoms with Gasteiger partial charge in [0.25, 0.3) is 5.91 Å². The molecular formula is C27H32F2N2O2S. The van der Waals surface area contributed by atoms with Crippen LogP contribution in [0.3, 0.4) is 0 Å². The van der Waals surface area contributed by atoms with E-state index >= 15 is 0 Å². The lowest BCUT2D eigenvalue weighted by Gasteiger charge is -2.40. The van der Waals surface area contributed by atoms with Gasteiger partial charge < -0.3 is 9.80 Å². The lowest BCUT2D eigenvalue weighted by molar-refractivity contribution is -0.134. The molecule has 0 N–H and O–H groups in total. The number of carbonyl (C=O) groups is 2. The number of hydrogen-bond acceptors (Lipinski definition) is 3. The fraction of sp³-hybridized carbons (Fsp3) is 0.556. The smallest absolute Gasteiger partial charge is 0.264 e. The number of nitrogens with zero attached hydrogens (tertiary/aromatic N) is 2. The first kappa shape index (κ1) is 23.5. The van der Waals surface area contributed by atoms with Crippen LogP contribution in [0, 0.1) is 23.5 Å². The van der Waals surface area contributed by atoms with Crippen molar-refractivity contribution in [1.29, 1.82) is 0 Å². The van der Waals surface area contributed by atoms with E-state index in [0.717, 1.165) is 55.9 Å². The minimum absolute atomic E-state index is 0.0808. The van der Waals surface area contributed by atoms with Gasteiger partial charge in [-0.3, -0.25) is 9.59 Å². The van der Waals surface area contributed by atoms with Gasteiger partial charge in [-0.1, -0.05) is 6.07 Å². The number of hydrogen-bond donors (Lipinski definition) is 0. The molecule has 7 heteroatoms. The fourth-order valence-electron chi connectivity index (χ4n) is 5.64. The monoisotopic (exact) mass is 486 g/mol. The highest BCUT2D eigenvalue weighted by Gasteiger charge is 2.39. The first-order valence-corrected chi connectivity index (χ1v) is 13.4. The van der Waals surface area contributed by atoms with Crippen LogP contribution in [0.25, 0.3) is 0 Å². The number of aryl methyl sites for hydroxylation is 1. The number of carbonyl (C=O) groups excluding carboxylic acids is 2. The number of piperidine rings is 1. The summed E-state index contributed by atoms with van der Waals surface area (Å²) in [6.45, 7) is 1.29. The Labute approximate surface area is 203 Å². The van der Waals surface area contributed by atoms with Crippen LogP contribution >= 0.6 is 11.3 Å². The van der Waals surface area contributed by atoms with Crippen LogP contribution in [-0.2, 0) is 24.1 Å². The van der Waals surface area contributed by atoms with E-state index in [0.29, 0.717) is 25.1 Å². The van der Waals surface area contributed by atoms with E-state index in [1.165, 1.54) is 29.7 Å². The molecule has 0 radical (unpaired) electrons. The number of benzene rings is 1. The molecule has 2 aliphatic carbocycles. The van der Waals surface area contributed by atoms with Gasteiger partial charge in [0.2, 0.25) is 5.91 Å². The third kappa shape index (κ3) is 4.77. The van der Waals surface area contributed by atoms with Crippen LogP contribution in [0.15, 0.2) is 23.6 Å². The highest BCUT2D eigenvalue weighted by Crippen LogP contribution is 2.35. The molecule has 1 atom stereocenters. The van der Waals surface area contributed by atoms with Crippen molar-refractivity contribution in [2.45, 2.75) is 63.8 Å². The summed E-state index contributed by atoms with van der Waals surface area (Å²) in [6, 6.07) is 3.52. The van der Waals surface area contributed by atoms with E-state index < -0.39 is 11.6 Å². The molecule has 0 unspecified atom stereocenters. The number of likely N-dealkylation sites (tertiary alicyclic amines) is 1. The molecule has 4 nitrogen and oxygen atoms in total. The first-order valence-electron chi connectivity index (χ1n) is 12.5. The number of fused-ring (bicyclic) bond motifs is 1. The van der Waals surface area contributed by atoms with E-state index in [4.69, 9.17) is 0 Å². The molecule has 182 valence electrons. The molecule has 1 aromatic carbocycles. The molecule has 0 spiro atoms. The maximum Gasteiger partial charge on any atom is 0.264 e. The van der Waals surface area contributed by atoms with Gasteiger partial charge >= 0.3 is 0 Å². The highest BCUT2D eigenvalue weighted by molar-refractivity contribution is 7.12. The molecule has 2 fully saturated rings. The molecular weight excluding hydrogens is 454 g/mol. The molecule has 1 aromatic heterocycles. The normalized spacial score (nSPS) is 19.6. The number of halogens is 2. The summed E-state index contributed by atoms with van der Waals surface area (Å²) in [5, 5.41) is 2.15. The SMILES string of the molecule is CN(C(=O)C1CC1)[C@@H](Cc1ccc(F)cc1F)C1CCN(C(=O)c2scc3c2CCCC3)CC1. The molecule has 0 bridgehead atoms. The van der Waals surface area contributed by atoms with Crippen molar-refractivity contribution < 1.29 is 18.4 Å². The topological polar surface area (TPSA) is 40.6 Å². The minimum Gasteiger partial charge on any atom is -0.342 e. The fourth-order valence-corrected chi connectivity index (χ4v) is 6.77. The maximum absolute atomic E-state index is 14.5. The van der Waals surface area contributed by atoms with Crippen LogP contribution < -0.4 is 0 Å². The Morgan fingerprint density at radius 3 is 2.56 bits per heavy atom. The number of amides is 2. The van der Waals surface area contributed by atoms with Crippen LogP contribution in [0.1, 0.15) is 64.9 Å². The zero-order valence-corrected chi connectivity index (χ0v) is 20.5. The summed E-state index contributed by atoms with van der Waals surface area (Å²) >= 11 is 1.58. The van der Waals surface area contributed by atoms with E-state index in [-0.39, 0.29) is 29.7 Å². The average molecular weight is 487 g/mol. The zero-order valence-electron chi connectivity index (χ0n) is 19.7. The average Bonchev–Trinajstić information content (AvgIpc) is 3.61. The molecule has 1 aliphatic heterocycles. The second kappa shape index (κ2) is 9.76. The van der Waals surface area contributed by atoms with Gasteiger partial charge in [-0.2, -0.15) is 0 Å². The van der Waals surface area contributed by atoms with Crippen molar-refractivity contribution in [3.63, 3.8) is 0 Å². The summed E-state index contributed by atoms with van der Waals surface area (Å²) in [7, 11) is 1.82. The molecule has 1 saturated heterocycles. The molecule has 2 amide bonds. The standard InChI is InChI=1S/C27H32F2N2O2S/c1-30(26(32)18-6-7-18)24(14-19-8-9-21(28)15-23(19)29)17-10-12-31(13-11-17)27(33)25-22-5-3-2-4-20(22)16-34-25/h8-9,15-18,24H,2-7,10-14H2,1H3/t24-/m0/s1. The summed E-state index contributed by atoms with van der Waals surface area (Å²) < 4.78 is 27.9. The molecule has 1 saturated carbocycles. The summed E-state index contributed by atoms with van der Waals surface area (Å²) in [6.07, 6.45) is 8.15. The van der Waals surface area contributed by atoms with Gasteiger partial charge in [0.1, 0.15) is 11.6 Å². The Kier molecular flexibility index (Phi) is 6.74. The Morgan fingerprint density at radius 2 is 1.85 bits per heavy atom. The lowest BCUT2D eigenvalue weighted by atomic mass is 9.84. The van der Waals surface area contributed by atoms with Crippen molar-refractivity contribution in [2.24, 2.45) is 11.8 Å². The van der Waals surface area contributed by atoms with E-state index in [9.17, 15) is 18.4 Å². The Hall–Kier alpha value is -2.28. The van der Waals surface area contributed by atoms with Crippen molar-refractivity contribution in [3.05, 3.63) is 56.8 Å². The van der Waals surface area contributed by atoms with Crippen LogP contribution in [0.5, 0.6) is 0 Å². The molecule has 3 aliphatic rings. The van der Waals surface area contributed by atoms with Gasteiger partial charge in [0.15, 0.2) is 0 Å². The zero-order chi connectivity index (χ0) is 23.8. The first-order chi connectivity index (χ1) is 16.4. The maximum atomic E-state index is 14.5. The highest BCUT2D eigenvalue weighted by atomic mass is 32.1. The Morgan fingerprint density at radius 1 is 1.12 bits per heavy atom.